The van der Waals surface area contributed by atoms with Gasteiger partial charge in [-0.05, 0) is 38.8 Å². The second-order valence-corrected chi connectivity index (χ2v) is 9.98. The SMILES string of the molecule is CC(C)OCCNC(=O)C1CCCN(c2nc3c(c(=O)n(C)c(=O)n3C)n2Cc2c(F)cccc2Cl)C1. The van der Waals surface area contributed by atoms with E-state index in [2.05, 4.69) is 10.3 Å². The number of anilines is 1. The van der Waals surface area contributed by atoms with Crippen molar-refractivity contribution in [3.8, 4) is 0 Å². The normalized spacial score (nSPS) is 16.1. The lowest BCUT2D eigenvalue weighted by Crippen LogP contribution is -2.44. The van der Waals surface area contributed by atoms with Crippen LogP contribution in [0.5, 0.6) is 0 Å². The largest absolute Gasteiger partial charge is 0.377 e. The fourth-order valence-corrected chi connectivity index (χ4v) is 4.88. The molecule has 12 heteroatoms. The van der Waals surface area contributed by atoms with Crippen LogP contribution in [0.15, 0.2) is 27.8 Å². The zero-order valence-electron chi connectivity index (χ0n) is 21.5. The molecular formula is C25H32ClFN6O4. The number of amides is 1. The van der Waals surface area contributed by atoms with Gasteiger partial charge in [-0.1, -0.05) is 17.7 Å². The number of imidazole rings is 1. The van der Waals surface area contributed by atoms with Crippen LogP contribution in [0.25, 0.3) is 11.2 Å². The third-order valence-electron chi connectivity index (χ3n) is 6.63. The molecule has 3 aromatic rings. The van der Waals surface area contributed by atoms with Gasteiger partial charge in [-0.3, -0.25) is 23.3 Å². The van der Waals surface area contributed by atoms with E-state index in [9.17, 15) is 18.8 Å². The Kier molecular flexibility index (Phi) is 8.03. The van der Waals surface area contributed by atoms with Crippen LogP contribution in [-0.4, -0.2) is 56.9 Å². The van der Waals surface area contributed by atoms with Crippen molar-refractivity contribution in [3.63, 3.8) is 0 Å². The smallest absolute Gasteiger partial charge is 0.332 e. The highest BCUT2D eigenvalue weighted by atomic mass is 35.5. The van der Waals surface area contributed by atoms with Gasteiger partial charge >= 0.3 is 5.69 Å². The van der Waals surface area contributed by atoms with Gasteiger partial charge in [-0.15, -0.1) is 0 Å². The van der Waals surface area contributed by atoms with Crippen LogP contribution < -0.4 is 21.5 Å². The lowest BCUT2D eigenvalue weighted by Gasteiger charge is -2.33. The quantitative estimate of drug-likeness (QED) is 0.444. The number of aromatic nitrogens is 4. The first-order valence-corrected chi connectivity index (χ1v) is 12.7. The lowest BCUT2D eigenvalue weighted by molar-refractivity contribution is -0.125. The van der Waals surface area contributed by atoms with Crippen LogP contribution in [0, 0.1) is 11.7 Å². The molecule has 0 bridgehead atoms. The van der Waals surface area contributed by atoms with E-state index in [1.807, 2.05) is 18.7 Å². The number of fused-ring (bicyclic) bond motifs is 1. The van der Waals surface area contributed by atoms with Gasteiger partial charge in [0.15, 0.2) is 11.2 Å². The molecule has 10 nitrogen and oxygen atoms in total. The molecule has 1 atom stereocenters. The van der Waals surface area contributed by atoms with Gasteiger partial charge in [-0.25, -0.2) is 9.18 Å². The minimum atomic E-state index is -0.541. The molecule has 200 valence electrons. The minimum Gasteiger partial charge on any atom is -0.377 e. The second kappa shape index (κ2) is 11.1. The second-order valence-electron chi connectivity index (χ2n) is 9.57. The maximum atomic E-state index is 14.8. The summed E-state index contributed by atoms with van der Waals surface area (Å²) < 4.78 is 24.2. The fraction of sp³-hybridized carbons (Fsp3) is 0.520. The predicted molar refractivity (Wildman–Crippen MR) is 140 cm³/mol. The molecule has 1 amide bonds. The Balaban J connectivity index is 1.72. The summed E-state index contributed by atoms with van der Waals surface area (Å²) in [6.07, 6.45) is 1.51. The summed E-state index contributed by atoms with van der Waals surface area (Å²) in [6.45, 7) is 5.59. The standard InChI is InChI=1S/C25H32ClFN6O4/c1-15(2)37-12-10-28-22(34)16-7-6-11-32(13-16)24-29-21-20(23(35)31(4)25(36)30(21)3)33(24)14-17-18(26)8-5-9-19(17)27/h5,8-9,15-16H,6-7,10-14H2,1-4H3,(H,28,34). The van der Waals surface area contributed by atoms with E-state index in [0.717, 1.165) is 11.0 Å². The van der Waals surface area contributed by atoms with E-state index >= 15 is 0 Å². The van der Waals surface area contributed by atoms with Crippen molar-refractivity contribution < 1.29 is 13.9 Å². The van der Waals surface area contributed by atoms with Crippen molar-refractivity contribution in [2.45, 2.75) is 39.3 Å². The molecule has 1 aliphatic heterocycles. The third-order valence-corrected chi connectivity index (χ3v) is 6.99. The molecule has 1 aromatic carbocycles. The summed E-state index contributed by atoms with van der Waals surface area (Å²) >= 11 is 6.32. The topological polar surface area (TPSA) is 103 Å². The third kappa shape index (κ3) is 5.42. The number of benzene rings is 1. The Morgan fingerprint density at radius 1 is 1.27 bits per heavy atom. The number of aryl methyl sites for hydroxylation is 1. The van der Waals surface area contributed by atoms with Crippen molar-refractivity contribution in [2.75, 3.05) is 31.1 Å². The predicted octanol–water partition coefficient (Wildman–Crippen LogP) is 2.03. The molecule has 37 heavy (non-hydrogen) atoms. The average molecular weight is 535 g/mol. The highest BCUT2D eigenvalue weighted by Crippen LogP contribution is 2.28. The van der Waals surface area contributed by atoms with Crippen molar-refractivity contribution in [2.24, 2.45) is 20.0 Å². The molecule has 1 fully saturated rings. The van der Waals surface area contributed by atoms with E-state index in [-0.39, 0.29) is 46.2 Å². The number of halogens is 2. The zero-order valence-corrected chi connectivity index (χ0v) is 22.2. The number of hydrogen-bond acceptors (Lipinski definition) is 6. The Morgan fingerprint density at radius 2 is 2.03 bits per heavy atom. The van der Waals surface area contributed by atoms with Crippen LogP contribution in [0.1, 0.15) is 32.3 Å². The van der Waals surface area contributed by atoms with Gasteiger partial charge in [0, 0.05) is 44.3 Å². The summed E-state index contributed by atoms with van der Waals surface area (Å²) in [4.78, 5) is 45.3. The van der Waals surface area contributed by atoms with Crippen LogP contribution in [0.2, 0.25) is 5.02 Å². The fourth-order valence-electron chi connectivity index (χ4n) is 4.65. The van der Waals surface area contributed by atoms with Crippen LogP contribution in [-0.2, 0) is 30.2 Å². The van der Waals surface area contributed by atoms with Crippen molar-refractivity contribution >= 4 is 34.6 Å². The number of piperidine rings is 1. The number of ether oxygens (including phenoxy) is 1. The molecule has 0 radical (unpaired) electrons. The van der Waals surface area contributed by atoms with E-state index < -0.39 is 17.1 Å². The van der Waals surface area contributed by atoms with Crippen molar-refractivity contribution in [1.29, 1.82) is 0 Å². The maximum Gasteiger partial charge on any atom is 0.332 e. The molecular weight excluding hydrogens is 503 g/mol. The van der Waals surface area contributed by atoms with Gasteiger partial charge in [-0.2, -0.15) is 4.98 Å². The summed E-state index contributed by atoms with van der Waals surface area (Å²) in [5, 5.41) is 3.14. The zero-order chi connectivity index (χ0) is 26.9. The number of rotatable bonds is 8. The molecule has 1 aliphatic rings. The highest BCUT2D eigenvalue weighted by Gasteiger charge is 2.30. The van der Waals surface area contributed by atoms with E-state index in [4.69, 9.17) is 16.3 Å². The van der Waals surface area contributed by atoms with Crippen LogP contribution >= 0.6 is 11.6 Å². The first-order valence-electron chi connectivity index (χ1n) is 12.3. The summed E-state index contributed by atoms with van der Waals surface area (Å²) in [6, 6.07) is 4.39. The average Bonchev–Trinajstić information content (AvgIpc) is 3.25. The van der Waals surface area contributed by atoms with Gasteiger partial charge in [0.05, 0.1) is 25.2 Å². The van der Waals surface area contributed by atoms with Crippen LogP contribution in [0.3, 0.4) is 0 Å². The Labute approximate surface area is 218 Å². The maximum absolute atomic E-state index is 14.8. The molecule has 1 saturated heterocycles. The van der Waals surface area contributed by atoms with E-state index in [0.29, 0.717) is 38.6 Å². The first kappa shape index (κ1) is 26.9. The molecule has 0 aliphatic carbocycles. The van der Waals surface area contributed by atoms with Gasteiger partial charge in [0.1, 0.15) is 5.82 Å². The Hall–Kier alpha value is -3.18. The van der Waals surface area contributed by atoms with E-state index in [1.54, 1.807) is 10.6 Å². The molecule has 1 N–H and O–H groups in total. The summed E-state index contributed by atoms with van der Waals surface area (Å²) in [7, 11) is 2.93. The number of hydrogen-bond donors (Lipinski definition) is 1. The summed E-state index contributed by atoms with van der Waals surface area (Å²) in [5.41, 5.74) is -0.501. The van der Waals surface area contributed by atoms with Crippen molar-refractivity contribution in [1.82, 2.24) is 24.0 Å². The Morgan fingerprint density at radius 3 is 2.73 bits per heavy atom. The number of nitrogens with zero attached hydrogens (tertiary/aromatic N) is 5. The molecule has 0 spiro atoms. The molecule has 3 heterocycles. The molecule has 4 rings (SSSR count). The van der Waals surface area contributed by atoms with E-state index in [1.165, 1.54) is 30.8 Å². The summed E-state index contributed by atoms with van der Waals surface area (Å²) in [5.74, 6) is -0.514. The number of carbonyl (C=O) groups is 1. The van der Waals surface area contributed by atoms with Gasteiger partial charge < -0.3 is 15.0 Å². The molecule has 0 saturated carbocycles. The van der Waals surface area contributed by atoms with Crippen molar-refractivity contribution in [3.05, 3.63) is 55.4 Å². The lowest BCUT2D eigenvalue weighted by atomic mass is 9.97. The van der Waals surface area contributed by atoms with Gasteiger partial charge in [0.25, 0.3) is 5.56 Å². The minimum absolute atomic E-state index is 0.0648. The Bertz CT molecular complexity index is 1410. The van der Waals surface area contributed by atoms with Gasteiger partial charge in [0.2, 0.25) is 11.9 Å². The molecule has 1 unspecified atom stereocenters. The monoisotopic (exact) mass is 534 g/mol. The number of nitrogens with one attached hydrogen (secondary N) is 1. The number of carbonyl (C=O) groups excluding carboxylic acids is 1. The highest BCUT2D eigenvalue weighted by molar-refractivity contribution is 6.31. The first-order chi connectivity index (χ1) is 17.6. The molecule has 2 aromatic heterocycles. The van der Waals surface area contributed by atoms with Crippen LogP contribution in [0.4, 0.5) is 10.3 Å².